The van der Waals surface area contributed by atoms with E-state index in [2.05, 4.69) is 25.7 Å². The average Bonchev–Trinajstić information content (AvgIpc) is 3.67. The second-order valence-electron chi connectivity index (χ2n) is 12.5. The molecule has 6 atom stereocenters. The maximum Gasteiger partial charge on any atom is 0.353 e. The third-order valence-corrected chi connectivity index (χ3v) is 11.1. The number of Topliss-reactive ketones (excluding diaryl/α,β-unsaturated/α-hetero) is 1. The highest BCUT2D eigenvalue weighted by atomic mass is 32.2. The first-order chi connectivity index (χ1) is 20.1. The number of β-lactam (4-membered cyclic amide) rings is 1. The van der Waals surface area contributed by atoms with E-state index < -0.39 is 11.9 Å². The summed E-state index contributed by atoms with van der Waals surface area (Å²) in [6.45, 7) is 7.83. The number of carbonyl (C=O) groups excluding carboxylic acids is 3. The molecule has 15 heteroatoms. The van der Waals surface area contributed by atoms with Crippen molar-refractivity contribution in [3.63, 3.8) is 0 Å². The fourth-order valence-corrected chi connectivity index (χ4v) is 8.91. The Bertz CT molecular complexity index is 1260. The van der Waals surface area contributed by atoms with E-state index in [0.29, 0.717) is 23.9 Å². The molecule has 0 aromatic carbocycles. The number of amides is 2. The minimum atomic E-state index is -1.12. The van der Waals surface area contributed by atoms with E-state index in [-0.39, 0.29) is 71.5 Å². The summed E-state index contributed by atoms with van der Waals surface area (Å²) in [5.74, 6) is -2.20. The second-order valence-corrected chi connectivity index (χ2v) is 13.8. The topological polar surface area (TPSA) is 180 Å². The Morgan fingerprint density at radius 1 is 1.24 bits per heavy atom. The SMILES string of the molecule is C[C@@H](CC(=O)Cn1cnnn1)[C@H]1C(=O)N2C(C(=O)O)=C(SC3CNC(C(=O)N4CCC(N5CC(N)C5)CC4)C3)[C@H](C)[C@H]12. The van der Waals surface area contributed by atoms with Crippen LogP contribution in [0.25, 0.3) is 0 Å². The number of tetrazole rings is 1. The lowest BCUT2D eigenvalue weighted by Crippen LogP contribution is -2.62. The summed E-state index contributed by atoms with van der Waals surface area (Å²) in [5.41, 5.74) is 5.98. The Balaban J connectivity index is 1.04. The predicted molar refractivity (Wildman–Crippen MR) is 151 cm³/mol. The van der Waals surface area contributed by atoms with Gasteiger partial charge >= 0.3 is 5.97 Å². The van der Waals surface area contributed by atoms with Crippen molar-refractivity contribution in [2.45, 2.75) is 75.5 Å². The normalized spacial score (nSPS) is 31.2. The molecule has 6 heterocycles. The van der Waals surface area contributed by atoms with Gasteiger partial charge in [-0.2, -0.15) is 0 Å². The van der Waals surface area contributed by atoms with Gasteiger partial charge in [-0.25, -0.2) is 9.48 Å². The van der Waals surface area contributed by atoms with Gasteiger partial charge < -0.3 is 26.0 Å². The fraction of sp³-hybridized carbons (Fsp3) is 0.741. The summed E-state index contributed by atoms with van der Waals surface area (Å²) in [6, 6.07) is 0.192. The first-order valence-electron chi connectivity index (χ1n) is 14.8. The van der Waals surface area contributed by atoms with E-state index >= 15 is 0 Å². The average molecular weight is 602 g/mol. The molecule has 5 aliphatic rings. The van der Waals surface area contributed by atoms with Gasteiger partial charge in [-0.3, -0.25) is 19.3 Å². The van der Waals surface area contributed by atoms with Gasteiger partial charge in [0.05, 0.1) is 18.0 Å². The number of piperidine rings is 1. The van der Waals surface area contributed by atoms with E-state index in [0.717, 1.165) is 39.0 Å². The molecule has 2 unspecified atom stereocenters. The summed E-state index contributed by atoms with van der Waals surface area (Å²) in [6.07, 6.45) is 4.08. The van der Waals surface area contributed by atoms with Gasteiger partial charge in [0.1, 0.15) is 18.6 Å². The number of rotatable bonds is 10. The molecule has 4 saturated heterocycles. The first-order valence-corrected chi connectivity index (χ1v) is 15.7. The van der Waals surface area contributed by atoms with Crippen LogP contribution in [0, 0.1) is 17.8 Å². The van der Waals surface area contributed by atoms with Crippen LogP contribution in [0.2, 0.25) is 0 Å². The minimum absolute atomic E-state index is 0.0217. The van der Waals surface area contributed by atoms with E-state index in [9.17, 15) is 24.3 Å². The quantitative estimate of drug-likeness (QED) is 0.283. The summed E-state index contributed by atoms with van der Waals surface area (Å²) in [7, 11) is 0. The van der Waals surface area contributed by atoms with Crippen molar-refractivity contribution in [1.82, 2.24) is 40.2 Å². The number of nitrogens with two attached hydrogens (primary N) is 1. The molecule has 0 radical (unpaired) electrons. The molecule has 14 nitrogen and oxygen atoms in total. The highest BCUT2D eigenvalue weighted by Crippen LogP contribution is 2.53. The summed E-state index contributed by atoms with van der Waals surface area (Å²) in [5, 5.41) is 24.3. The van der Waals surface area contributed by atoms with E-state index in [1.54, 1.807) is 0 Å². The highest BCUT2D eigenvalue weighted by Gasteiger charge is 2.60. The van der Waals surface area contributed by atoms with Crippen molar-refractivity contribution in [3.05, 3.63) is 16.9 Å². The van der Waals surface area contributed by atoms with Gasteiger partial charge in [0.15, 0.2) is 5.78 Å². The van der Waals surface area contributed by atoms with Gasteiger partial charge in [0, 0.05) is 67.3 Å². The number of aromatic nitrogens is 4. The van der Waals surface area contributed by atoms with Crippen LogP contribution in [0.5, 0.6) is 0 Å². The Morgan fingerprint density at radius 3 is 2.62 bits per heavy atom. The zero-order valence-corrected chi connectivity index (χ0v) is 24.8. The molecule has 4 fully saturated rings. The van der Waals surface area contributed by atoms with Crippen molar-refractivity contribution in [1.29, 1.82) is 0 Å². The van der Waals surface area contributed by atoms with Crippen LogP contribution in [-0.4, -0.2) is 126 Å². The minimum Gasteiger partial charge on any atom is -0.477 e. The number of ketones is 1. The van der Waals surface area contributed by atoms with E-state index in [4.69, 9.17) is 5.73 Å². The molecule has 1 aromatic heterocycles. The number of thioether (sulfide) groups is 1. The number of carboxylic acids is 1. The van der Waals surface area contributed by atoms with Crippen molar-refractivity contribution in [3.8, 4) is 0 Å². The zero-order chi connectivity index (χ0) is 29.7. The van der Waals surface area contributed by atoms with Crippen LogP contribution in [0.1, 0.15) is 39.5 Å². The Kier molecular flexibility index (Phi) is 8.11. The predicted octanol–water partition coefficient (Wildman–Crippen LogP) is -0.861. The van der Waals surface area contributed by atoms with E-state index in [1.165, 1.54) is 27.7 Å². The molecule has 1 aromatic rings. The van der Waals surface area contributed by atoms with Gasteiger partial charge in [0.25, 0.3) is 0 Å². The summed E-state index contributed by atoms with van der Waals surface area (Å²) in [4.78, 5) is 58.0. The second kappa shape index (κ2) is 11.7. The number of likely N-dealkylation sites (tertiary alicyclic amines) is 2. The Labute approximate surface area is 248 Å². The van der Waals surface area contributed by atoms with Crippen LogP contribution in [0.3, 0.4) is 0 Å². The highest BCUT2D eigenvalue weighted by molar-refractivity contribution is 8.03. The summed E-state index contributed by atoms with van der Waals surface area (Å²) < 4.78 is 1.35. The van der Waals surface area contributed by atoms with Crippen molar-refractivity contribution >= 4 is 35.3 Å². The number of aliphatic carboxylic acids is 1. The molecular formula is C27H39N9O5S. The number of hydrogen-bond acceptors (Lipinski definition) is 11. The summed E-state index contributed by atoms with van der Waals surface area (Å²) >= 11 is 1.48. The third-order valence-electron chi connectivity index (χ3n) is 9.60. The molecule has 0 aliphatic carbocycles. The molecule has 5 aliphatic heterocycles. The lowest BCUT2D eigenvalue weighted by Gasteiger charge is -2.47. The number of carboxylic acid groups (broad SMARTS) is 1. The zero-order valence-electron chi connectivity index (χ0n) is 24.0. The number of nitrogens with one attached hydrogen (secondary N) is 1. The monoisotopic (exact) mass is 601 g/mol. The molecule has 6 rings (SSSR count). The van der Waals surface area contributed by atoms with Crippen LogP contribution >= 0.6 is 11.8 Å². The van der Waals surface area contributed by atoms with Crippen LogP contribution < -0.4 is 11.1 Å². The number of fused-ring (bicyclic) bond motifs is 1. The van der Waals surface area contributed by atoms with Crippen molar-refractivity contribution in [2.75, 3.05) is 32.7 Å². The van der Waals surface area contributed by atoms with Crippen LogP contribution in [-0.2, 0) is 25.7 Å². The van der Waals surface area contributed by atoms with E-state index in [1.807, 2.05) is 18.7 Å². The lowest BCUT2D eigenvalue weighted by molar-refractivity contribution is -0.160. The van der Waals surface area contributed by atoms with Gasteiger partial charge in [-0.05, 0) is 35.6 Å². The maximum atomic E-state index is 13.3. The molecular weight excluding hydrogens is 562 g/mol. The molecule has 228 valence electrons. The van der Waals surface area contributed by atoms with Gasteiger partial charge in [-0.1, -0.05) is 13.8 Å². The van der Waals surface area contributed by atoms with Crippen molar-refractivity contribution in [2.24, 2.45) is 23.5 Å². The number of carbonyl (C=O) groups is 4. The molecule has 42 heavy (non-hydrogen) atoms. The Hall–Kier alpha value is -2.88. The standard InChI is InChI=1S/C27H39N9O5S/c1-14(7-18(37)12-35-13-30-31-32-35)21-22-15(2)24(23(27(40)41)36(22)26(21)39)42-19-8-20(29-9-19)25(38)33-5-3-17(4-6-33)34-10-16(28)11-34/h13-17,19-22,29H,3-12,28H2,1-2H3,(H,40,41)/t14-,15+,19?,20?,21+,22+/m0/s1. The fourth-order valence-electron chi connectivity index (χ4n) is 7.43. The number of hydrogen-bond donors (Lipinski definition) is 3. The largest absolute Gasteiger partial charge is 0.477 e. The van der Waals surface area contributed by atoms with Crippen LogP contribution in [0.4, 0.5) is 0 Å². The lowest BCUT2D eigenvalue weighted by atomic mass is 9.73. The Morgan fingerprint density at radius 2 is 1.98 bits per heavy atom. The van der Waals surface area contributed by atoms with Gasteiger partial charge in [0.2, 0.25) is 11.8 Å². The molecule has 0 spiro atoms. The molecule has 4 N–H and O–H groups in total. The first kappa shape index (κ1) is 29.2. The van der Waals surface area contributed by atoms with Crippen molar-refractivity contribution < 1.29 is 24.3 Å². The van der Waals surface area contributed by atoms with Gasteiger partial charge in [-0.15, -0.1) is 16.9 Å². The third kappa shape index (κ3) is 5.35. The smallest absolute Gasteiger partial charge is 0.353 e. The maximum absolute atomic E-state index is 13.3. The number of nitrogens with zero attached hydrogens (tertiary/aromatic N) is 7. The molecule has 2 amide bonds. The molecule has 0 saturated carbocycles. The molecule has 0 bridgehead atoms. The van der Waals surface area contributed by atoms with Crippen LogP contribution in [0.15, 0.2) is 16.9 Å².